The van der Waals surface area contributed by atoms with Crippen LogP contribution in [-0.2, 0) is 6.42 Å². The van der Waals surface area contributed by atoms with E-state index in [0.29, 0.717) is 32.0 Å². The van der Waals surface area contributed by atoms with Gasteiger partial charge in [0.2, 0.25) is 0 Å². The number of carbonyl (C=O) groups is 1. The summed E-state index contributed by atoms with van der Waals surface area (Å²) in [5.74, 6) is -0.933. The van der Waals surface area contributed by atoms with Crippen LogP contribution >= 0.6 is 0 Å². The fraction of sp³-hybridized carbons (Fsp3) is 0.333. The quantitative estimate of drug-likeness (QED) is 0.703. The molecule has 0 bridgehead atoms. The molecule has 0 unspecified atom stereocenters. The molecule has 4 rings (SSSR count). The fourth-order valence-electron chi connectivity index (χ4n) is 3.25. The summed E-state index contributed by atoms with van der Waals surface area (Å²) in [5, 5.41) is 4.22. The summed E-state index contributed by atoms with van der Waals surface area (Å²) >= 11 is 0. The molecule has 1 amide bonds. The maximum Gasteiger partial charge on any atom is 0.259 e. The second kappa shape index (κ2) is 6.90. The number of benzene rings is 1. The molecule has 1 aromatic carbocycles. The number of hydrogen-bond acceptors (Lipinski definition) is 5. The predicted molar refractivity (Wildman–Crippen MR) is 94.6 cm³/mol. The minimum absolute atomic E-state index is 0.354. The van der Waals surface area contributed by atoms with Crippen molar-refractivity contribution >= 4 is 17.5 Å². The number of aromatic nitrogens is 4. The predicted octanol–water partition coefficient (Wildman–Crippen LogP) is 1.93. The number of nitrogens with zero attached hydrogens (tertiary/aromatic N) is 6. The fourth-order valence-corrected chi connectivity index (χ4v) is 3.25. The number of fused-ring (bicyclic) bond motifs is 1. The number of piperazine rings is 1. The van der Waals surface area contributed by atoms with E-state index in [2.05, 4.69) is 20.0 Å². The van der Waals surface area contributed by atoms with Crippen molar-refractivity contribution < 1.29 is 13.6 Å². The first kappa shape index (κ1) is 17.3. The molecule has 1 fully saturated rings. The zero-order chi connectivity index (χ0) is 19.0. The number of aryl methyl sites for hydroxylation is 1. The van der Waals surface area contributed by atoms with Gasteiger partial charge in [-0.2, -0.15) is 14.6 Å². The Morgan fingerprint density at radius 2 is 1.85 bits per heavy atom. The first-order valence-corrected chi connectivity index (χ1v) is 8.76. The smallest absolute Gasteiger partial charge is 0.259 e. The van der Waals surface area contributed by atoms with Crippen LogP contribution in [0.15, 0.2) is 30.6 Å². The average Bonchev–Trinajstić information content (AvgIpc) is 3.15. The van der Waals surface area contributed by atoms with Gasteiger partial charge in [-0.05, 0) is 18.6 Å². The molecule has 140 valence electrons. The van der Waals surface area contributed by atoms with Crippen LogP contribution in [0, 0.1) is 11.6 Å². The van der Waals surface area contributed by atoms with Gasteiger partial charge in [-0.15, -0.1) is 0 Å². The number of hydrogen-bond donors (Lipinski definition) is 0. The average molecular weight is 372 g/mol. The Labute approximate surface area is 154 Å². The van der Waals surface area contributed by atoms with E-state index < -0.39 is 23.1 Å². The van der Waals surface area contributed by atoms with E-state index in [0.717, 1.165) is 30.1 Å². The molecule has 0 saturated carbocycles. The van der Waals surface area contributed by atoms with Gasteiger partial charge in [0.1, 0.15) is 29.3 Å². The van der Waals surface area contributed by atoms with Crippen molar-refractivity contribution in [2.45, 2.75) is 13.3 Å². The van der Waals surface area contributed by atoms with Crippen molar-refractivity contribution in [3.8, 4) is 0 Å². The molecule has 0 aliphatic carbocycles. The van der Waals surface area contributed by atoms with Gasteiger partial charge in [-0.25, -0.2) is 13.8 Å². The summed E-state index contributed by atoms with van der Waals surface area (Å²) in [4.78, 5) is 24.7. The van der Waals surface area contributed by atoms with E-state index >= 15 is 0 Å². The van der Waals surface area contributed by atoms with E-state index in [1.54, 1.807) is 4.52 Å². The summed E-state index contributed by atoms with van der Waals surface area (Å²) in [6.45, 7) is 3.76. The van der Waals surface area contributed by atoms with Crippen molar-refractivity contribution in [1.29, 1.82) is 0 Å². The van der Waals surface area contributed by atoms with Gasteiger partial charge in [0.05, 0.1) is 0 Å². The van der Waals surface area contributed by atoms with Gasteiger partial charge in [0.15, 0.2) is 0 Å². The highest BCUT2D eigenvalue weighted by Crippen LogP contribution is 2.20. The van der Waals surface area contributed by atoms with Crippen LogP contribution in [0.2, 0.25) is 0 Å². The van der Waals surface area contributed by atoms with Crippen molar-refractivity contribution in [2.75, 3.05) is 31.1 Å². The number of rotatable bonds is 3. The summed E-state index contributed by atoms with van der Waals surface area (Å²) in [5.41, 5.74) is 0.402. The van der Waals surface area contributed by atoms with Gasteiger partial charge in [0.25, 0.3) is 11.7 Å². The monoisotopic (exact) mass is 372 g/mol. The number of amides is 1. The Hall–Kier alpha value is -3.10. The number of anilines is 1. The van der Waals surface area contributed by atoms with E-state index in [9.17, 15) is 13.6 Å². The molecule has 3 aromatic rings. The SMILES string of the molecule is CCc1cc(N2CCN(C(=O)c3c(F)cccc3F)CC2)n2ncnc2n1. The van der Waals surface area contributed by atoms with Crippen LogP contribution in [0.5, 0.6) is 0 Å². The Bertz CT molecular complexity index is 976. The molecule has 1 aliphatic heterocycles. The van der Waals surface area contributed by atoms with Crippen LogP contribution in [0.25, 0.3) is 5.78 Å². The largest absolute Gasteiger partial charge is 0.353 e. The van der Waals surface area contributed by atoms with Crippen molar-refractivity contribution in [3.63, 3.8) is 0 Å². The van der Waals surface area contributed by atoms with Gasteiger partial charge in [-0.1, -0.05) is 13.0 Å². The van der Waals surface area contributed by atoms with E-state index in [4.69, 9.17) is 0 Å². The lowest BCUT2D eigenvalue weighted by molar-refractivity contribution is 0.0736. The summed E-state index contributed by atoms with van der Waals surface area (Å²) in [7, 11) is 0. The third-order valence-corrected chi connectivity index (χ3v) is 4.72. The number of halogens is 2. The Balaban J connectivity index is 1.54. The molecule has 2 aromatic heterocycles. The Kier molecular flexibility index (Phi) is 4.43. The first-order chi connectivity index (χ1) is 13.1. The first-order valence-electron chi connectivity index (χ1n) is 8.76. The minimum atomic E-state index is -0.839. The van der Waals surface area contributed by atoms with Crippen molar-refractivity contribution in [2.24, 2.45) is 0 Å². The minimum Gasteiger partial charge on any atom is -0.353 e. The molecular weight excluding hydrogens is 354 g/mol. The maximum absolute atomic E-state index is 13.9. The lowest BCUT2D eigenvalue weighted by atomic mass is 10.1. The van der Waals surface area contributed by atoms with Gasteiger partial charge < -0.3 is 9.80 Å². The molecule has 0 radical (unpaired) electrons. The van der Waals surface area contributed by atoms with E-state index in [1.165, 1.54) is 17.3 Å². The molecule has 0 N–H and O–H groups in total. The van der Waals surface area contributed by atoms with Crippen LogP contribution in [0.1, 0.15) is 23.0 Å². The van der Waals surface area contributed by atoms with E-state index in [-0.39, 0.29) is 0 Å². The van der Waals surface area contributed by atoms with Crippen LogP contribution in [0.4, 0.5) is 14.6 Å². The van der Waals surface area contributed by atoms with Crippen LogP contribution in [-0.4, -0.2) is 56.6 Å². The normalized spacial score (nSPS) is 14.8. The highest BCUT2D eigenvalue weighted by Gasteiger charge is 2.27. The van der Waals surface area contributed by atoms with Crippen LogP contribution < -0.4 is 4.90 Å². The molecule has 0 spiro atoms. The lowest BCUT2D eigenvalue weighted by Gasteiger charge is -2.36. The molecule has 3 heterocycles. The highest BCUT2D eigenvalue weighted by atomic mass is 19.1. The van der Waals surface area contributed by atoms with E-state index in [1.807, 2.05) is 13.0 Å². The molecule has 9 heteroatoms. The third-order valence-electron chi connectivity index (χ3n) is 4.72. The van der Waals surface area contributed by atoms with Gasteiger partial charge in [0, 0.05) is 37.9 Å². The summed E-state index contributed by atoms with van der Waals surface area (Å²) < 4.78 is 29.5. The molecule has 1 saturated heterocycles. The standard InChI is InChI=1S/C18H18F2N6O/c1-2-12-10-15(26-18(23-12)21-11-22-26)24-6-8-25(9-7-24)17(27)16-13(19)4-3-5-14(16)20/h3-5,10-11H,2,6-9H2,1H3. The van der Waals surface area contributed by atoms with Gasteiger partial charge in [-0.3, -0.25) is 4.79 Å². The second-order valence-electron chi connectivity index (χ2n) is 6.31. The molecule has 7 nitrogen and oxygen atoms in total. The number of carbonyl (C=O) groups excluding carboxylic acids is 1. The lowest BCUT2D eigenvalue weighted by Crippen LogP contribution is -2.49. The van der Waals surface area contributed by atoms with Crippen molar-refractivity contribution in [3.05, 3.63) is 53.5 Å². The second-order valence-corrected chi connectivity index (χ2v) is 6.31. The van der Waals surface area contributed by atoms with Crippen LogP contribution in [0.3, 0.4) is 0 Å². The summed E-state index contributed by atoms with van der Waals surface area (Å²) in [6.07, 6.45) is 2.22. The zero-order valence-corrected chi connectivity index (χ0v) is 14.8. The topological polar surface area (TPSA) is 66.6 Å². The molecular formula is C18H18F2N6O. The van der Waals surface area contributed by atoms with Crippen molar-refractivity contribution in [1.82, 2.24) is 24.5 Å². The maximum atomic E-state index is 13.9. The highest BCUT2D eigenvalue weighted by molar-refractivity contribution is 5.95. The Morgan fingerprint density at radius 3 is 2.52 bits per heavy atom. The zero-order valence-electron chi connectivity index (χ0n) is 14.8. The molecule has 0 atom stereocenters. The third kappa shape index (κ3) is 3.09. The Morgan fingerprint density at radius 1 is 1.15 bits per heavy atom. The molecule has 1 aliphatic rings. The summed E-state index contributed by atoms with van der Waals surface area (Å²) in [6, 6.07) is 5.39. The van der Waals surface area contributed by atoms with Gasteiger partial charge >= 0.3 is 0 Å². The molecule has 27 heavy (non-hydrogen) atoms.